The Hall–Kier alpha value is -4.02. The fraction of sp³-hybridized carbons (Fsp3) is 0.410. The molecule has 10 heteroatoms. The Morgan fingerprint density at radius 2 is 1.55 bits per heavy atom. The van der Waals surface area contributed by atoms with Crippen molar-refractivity contribution in [2.24, 2.45) is 17.8 Å². The topological polar surface area (TPSA) is 126 Å². The Morgan fingerprint density at radius 1 is 0.898 bits per heavy atom. The molecule has 0 aromatic carbocycles. The maximum Gasteiger partial charge on any atom is 2.00 e. The Balaban J connectivity index is 0.00000468. The van der Waals surface area contributed by atoms with Gasteiger partial charge in [-0.05, 0) is 72.3 Å². The molecule has 3 aliphatic rings. The van der Waals surface area contributed by atoms with Crippen LogP contribution in [0.3, 0.4) is 0 Å². The minimum atomic E-state index is -1.20. The van der Waals surface area contributed by atoms with E-state index in [4.69, 9.17) is 29.7 Å². The smallest absolute Gasteiger partial charge is 0.664 e. The number of Topliss-reactive ketones (excluding diaryl/α,β-unsaturated/α-hetero) is 1. The van der Waals surface area contributed by atoms with Crippen molar-refractivity contribution < 1.29 is 23.9 Å². The molecule has 0 saturated carbocycles. The summed E-state index contributed by atoms with van der Waals surface area (Å²) in [6, 6.07) is 0. The standard InChI is InChI=1S/C39H43N4O5.Mg/c1-10-24-21(6)28-15-26-19(4)20(5)27(40-26)16-29-22(7)25(11-12-32(44)48-14-13-18(2)3)36(42-29)34-35(39(46)47-9)38(45)33-23(8)30(43-37(33)34)17-31(24)41-28;/h13,15-17,22,25,35H,10-12,14H2,1-9H3,(H-,42,43,45);/q-3;+2/p-1/b28-15-,29-16-,31-17-;/t22-,25-,35+;/m0./s1. The van der Waals surface area contributed by atoms with E-state index >= 15 is 0 Å². The summed E-state index contributed by atoms with van der Waals surface area (Å²) in [6.45, 7) is 16.3. The third-order valence-corrected chi connectivity index (χ3v) is 10.2. The van der Waals surface area contributed by atoms with E-state index in [0.717, 1.165) is 62.0 Å². The Morgan fingerprint density at radius 3 is 2.20 bits per heavy atom. The van der Waals surface area contributed by atoms with E-state index in [-0.39, 0.29) is 59.7 Å². The van der Waals surface area contributed by atoms with Crippen LogP contribution in [-0.4, -0.2) is 54.5 Å². The van der Waals surface area contributed by atoms with Crippen LogP contribution in [0.15, 0.2) is 23.0 Å². The number of rotatable bonds is 7. The molecule has 2 aliphatic heterocycles. The van der Waals surface area contributed by atoms with Crippen LogP contribution in [0.1, 0.15) is 101 Å². The van der Waals surface area contributed by atoms with Gasteiger partial charge in [0.25, 0.3) is 0 Å². The summed E-state index contributed by atoms with van der Waals surface area (Å²) in [5.41, 5.74) is 11.0. The van der Waals surface area contributed by atoms with Crippen LogP contribution in [0.2, 0.25) is 0 Å². The first-order valence-electron chi connectivity index (χ1n) is 16.6. The molecular formula is C39H42MgN4O5-2. The molecule has 49 heavy (non-hydrogen) atoms. The zero-order chi connectivity index (χ0) is 34.6. The minimum absolute atomic E-state index is 0. The van der Waals surface area contributed by atoms with Gasteiger partial charge < -0.3 is 29.7 Å². The van der Waals surface area contributed by atoms with E-state index in [9.17, 15) is 14.4 Å². The molecule has 1 saturated heterocycles. The number of fused-ring (bicyclic) bond motifs is 7. The molecule has 9 nitrogen and oxygen atoms in total. The molecule has 5 heterocycles. The number of aromatic nitrogens is 3. The molecule has 0 spiro atoms. The van der Waals surface area contributed by atoms with Crippen molar-refractivity contribution in [2.45, 2.75) is 74.7 Å². The van der Waals surface area contributed by atoms with Crippen LogP contribution < -0.4 is 25.7 Å². The van der Waals surface area contributed by atoms with Crippen LogP contribution in [-0.2, 0) is 25.5 Å². The van der Waals surface area contributed by atoms with Crippen molar-refractivity contribution in [2.75, 3.05) is 13.7 Å². The molecule has 3 aromatic heterocycles. The summed E-state index contributed by atoms with van der Waals surface area (Å²) in [7, 11) is 1.28. The van der Waals surface area contributed by atoms with E-state index in [1.54, 1.807) is 0 Å². The van der Waals surface area contributed by atoms with Gasteiger partial charge in [0, 0.05) is 12.0 Å². The quantitative estimate of drug-likeness (QED) is 0.154. The summed E-state index contributed by atoms with van der Waals surface area (Å²) in [5.74, 6) is -2.96. The summed E-state index contributed by atoms with van der Waals surface area (Å²) in [6.07, 6.45) is 9.17. The van der Waals surface area contributed by atoms with Crippen LogP contribution in [0, 0.1) is 45.4 Å². The van der Waals surface area contributed by atoms with Crippen LogP contribution in [0.25, 0.3) is 29.1 Å². The van der Waals surface area contributed by atoms with Gasteiger partial charge in [0.15, 0.2) is 5.78 Å². The molecular weight excluding hydrogens is 629 g/mol. The van der Waals surface area contributed by atoms with Crippen molar-refractivity contribution >= 4 is 64.6 Å². The van der Waals surface area contributed by atoms with E-state index in [0.29, 0.717) is 40.2 Å². The zero-order valence-corrected chi connectivity index (χ0v) is 31.3. The Kier molecular flexibility index (Phi) is 10.4. The number of ketones is 1. The number of esters is 2. The van der Waals surface area contributed by atoms with Gasteiger partial charge >= 0.3 is 35.0 Å². The molecule has 1 fully saturated rings. The first-order chi connectivity index (χ1) is 22.9. The van der Waals surface area contributed by atoms with Crippen molar-refractivity contribution in [3.63, 3.8) is 0 Å². The fourth-order valence-corrected chi connectivity index (χ4v) is 7.15. The van der Waals surface area contributed by atoms with Gasteiger partial charge in [0.2, 0.25) is 0 Å². The van der Waals surface area contributed by atoms with Gasteiger partial charge in [-0.25, -0.2) is 0 Å². The van der Waals surface area contributed by atoms with Crippen LogP contribution in [0.5, 0.6) is 0 Å². The minimum Gasteiger partial charge on any atom is -0.664 e. The SMILES string of the molecule is CCc1c(C)/c2[n-]/c1=C\c1[n-]c3c(c1C)C(=O)[C@H](C(=O)OC)/C3=C1/[N-]/C(=C\c3[n-]c(c(C)c3C)\C=2)[C@@H](C)[C@@H]1CCC(=O)OCC=C(C)C.[Mg+2]. The number of hydrogen-bond donors (Lipinski definition) is 0. The predicted octanol–water partition coefficient (Wildman–Crippen LogP) is 4.61. The number of carbonyl (C=O) groups is 3. The molecule has 1 aliphatic carbocycles. The number of hydrogen-bond acceptors (Lipinski definition) is 5. The number of ether oxygens (including phenoxy) is 2. The molecule has 0 amide bonds. The first kappa shape index (κ1) is 36.3. The van der Waals surface area contributed by atoms with Gasteiger partial charge in [-0.1, -0.05) is 71.0 Å². The zero-order valence-electron chi connectivity index (χ0n) is 29.9. The summed E-state index contributed by atoms with van der Waals surface area (Å²) >= 11 is 0. The van der Waals surface area contributed by atoms with Crippen LogP contribution in [0.4, 0.5) is 0 Å². The van der Waals surface area contributed by atoms with Crippen molar-refractivity contribution in [3.8, 4) is 0 Å². The van der Waals surface area contributed by atoms with Crippen molar-refractivity contribution in [1.29, 1.82) is 0 Å². The first-order valence-corrected chi connectivity index (χ1v) is 16.6. The molecule has 252 valence electrons. The summed E-state index contributed by atoms with van der Waals surface area (Å²) in [4.78, 5) is 55.4. The number of methoxy groups -OCH3 is 1. The van der Waals surface area contributed by atoms with Gasteiger partial charge in [0.1, 0.15) is 12.5 Å². The van der Waals surface area contributed by atoms with Gasteiger partial charge in [0.05, 0.1) is 7.11 Å². The monoisotopic (exact) mass is 670 g/mol. The number of carbonyl (C=O) groups excluding carboxylic acids is 3. The Bertz CT molecular complexity index is 2080. The normalized spacial score (nSPS) is 22.9. The number of allylic oxidation sites excluding steroid dienone is 3. The summed E-state index contributed by atoms with van der Waals surface area (Å²) in [5, 5.41) is 6.80. The average molecular weight is 671 g/mol. The number of nitrogens with zero attached hydrogens (tertiary/aromatic N) is 4. The molecule has 6 rings (SSSR count). The predicted molar refractivity (Wildman–Crippen MR) is 190 cm³/mol. The molecule has 3 atom stereocenters. The maximum absolute atomic E-state index is 14.1. The fourth-order valence-electron chi connectivity index (χ4n) is 7.15. The van der Waals surface area contributed by atoms with Crippen molar-refractivity contribution in [1.82, 2.24) is 15.0 Å². The largest absolute Gasteiger partial charge is 2.00 e. The van der Waals surface area contributed by atoms with Gasteiger partial charge in [-0.2, -0.15) is 11.4 Å². The Labute approximate surface area is 303 Å². The molecule has 0 radical (unpaired) electrons. The van der Waals surface area contributed by atoms with E-state index in [2.05, 4.69) is 27.7 Å². The van der Waals surface area contributed by atoms with E-state index in [1.807, 2.05) is 52.0 Å². The summed E-state index contributed by atoms with van der Waals surface area (Å²) < 4.78 is 10.7. The van der Waals surface area contributed by atoms with E-state index in [1.165, 1.54) is 7.11 Å². The third-order valence-electron chi connectivity index (χ3n) is 10.2. The van der Waals surface area contributed by atoms with Gasteiger partial charge in [-0.15, -0.1) is 33.5 Å². The molecule has 3 aromatic rings. The second-order valence-electron chi connectivity index (χ2n) is 13.3. The van der Waals surface area contributed by atoms with Gasteiger partial charge in [-0.3, -0.25) is 14.4 Å². The van der Waals surface area contributed by atoms with E-state index < -0.39 is 11.9 Å². The molecule has 0 unspecified atom stereocenters. The second kappa shape index (κ2) is 14.1. The van der Waals surface area contributed by atoms with Crippen molar-refractivity contribution in [3.05, 3.63) is 95.2 Å². The average Bonchev–Trinajstić information content (AvgIpc) is 3.78. The maximum atomic E-state index is 14.1. The molecule has 8 bridgehead atoms. The third kappa shape index (κ3) is 6.29. The molecule has 0 N–H and O–H groups in total. The van der Waals surface area contributed by atoms with Crippen LogP contribution >= 0.6 is 0 Å². The second-order valence-corrected chi connectivity index (χ2v) is 13.3.